The van der Waals surface area contributed by atoms with Crippen LogP contribution < -0.4 is 0 Å². The molecule has 0 radical (unpaired) electrons. The first-order chi connectivity index (χ1) is 18.9. The first-order valence-electron chi connectivity index (χ1n) is 15.7. The summed E-state index contributed by atoms with van der Waals surface area (Å²) in [5, 5.41) is 0. The third-order valence-electron chi connectivity index (χ3n) is 8.18. The molecule has 0 saturated carbocycles. The van der Waals surface area contributed by atoms with Gasteiger partial charge in [-0.25, -0.2) is 0 Å². The van der Waals surface area contributed by atoms with Gasteiger partial charge in [-0.05, 0) is 41.9 Å². The van der Waals surface area contributed by atoms with Crippen LogP contribution in [-0.4, -0.2) is 12.3 Å². The van der Waals surface area contributed by atoms with Gasteiger partial charge in [0.2, 0.25) is 0 Å². The van der Waals surface area contributed by atoms with Gasteiger partial charge in [0.25, 0.3) is 0 Å². The highest BCUT2D eigenvalue weighted by Gasteiger charge is 2.35. The minimum atomic E-state index is -0.0771. The van der Waals surface area contributed by atoms with Gasteiger partial charge in [0.05, 0.1) is 0 Å². The van der Waals surface area contributed by atoms with Crippen LogP contribution in [0.5, 0.6) is 0 Å². The molecule has 0 nitrogen and oxygen atoms in total. The van der Waals surface area contributed by atoms with Crippen LogP contribution in [0.2, 0.25) is 0 Å². The Kier molecular flexibility index (Phi) is 15.5. The zero-order chi connectivity index (χ0) is 26.6. The Hall–Kier alpha value is -1.91. The van der Waals surface area contributed by atoms with Crippen molar-refractivity contribution in [1.82, 2.24) is 0 Å². The van der Waals surface area contributed by atoms with Crippen molar-refractivity contribution < 1.29 is 0 Å². The van der Waals surface area contributed by atoms with Crippen LogP contribution in [-0.2, 0) is 5.41 Å². The van der Waals surface area contributed by atoms with E-state index in [1.165, 1.54) is 125 Å². The van der Waals surface area contributed by atoms with Gasteiger partial charge in [0, 0.05) is 5.41 Å². The fourth-order valence-corrected chi connectivity index (χ4v) is 7.25. The molecule has 0 aliphatic carbocycles. The second-order valence-corrected chi connectivity index (χ2v) is 12.6. The average Bonchev–Trinajstić information content (AvgIpc) is 2.98. The van der Waals surface area contributed by atoms with Crippen LogP contribution >= 0.6 is 8.58 Å². The number of unbranched alkanes of at least 4 members (excludes halogenated alkanes) is 13. The summed E-state index contributed by atoms with van der Waals surface area (Å²) in [7, 11) is 1.05. The molecule has 0 saturated heterocycles. The van der Waals surface area contributed by atoms with Crippen LogP contribution in [0.1, 0.15) is 120 Å². The topological polar surface area (TPSA) is 0 Å². The molecule has 3 aromatic carbocycles. The molecule has 0 aliphatic heterocycles. The summed E-state index contributed by atoms with van der Waals surface area (Å²) in [6, 6.07) is 33.6. The molecule has 206 valence electrons. The largest absolute Gasteiger partial charge is 0.122 e. The lowest BCUT2D eigenvalue weighted by Gasteiger charge is -2.36. The molecule has 0 amide bonds. The molecule has 0 bridgehead atoms. The molecule has 38 heavy (non-hydrogen) atoms. The summed E-state index contributed by atoms with van der Waals surface area (Å²) in [5.74, 6) is 0. The molecule has 0 aromatic heterocycles. The molecule has 0 fully saturated rings. The Morgan fingerprint density at radius 2 is 0.763 bits per heavy atom. The smallest absolute Gasteiger partial charge is 0.0454 e. The van der Waals surface area contributed by atoms with Crippen molar-refractivity contribution >= 4 is 8.58 Å². The van der Waals surface area contributed by atoms with Gasteiger partial charge in [-0.15, -0.1) is 8.58 Å². The second kappa shape index (κ2) is 19.2. The van der Waals surface area contributed by atoms with Crippen molar-refractivity contribution in [3.05, 3.63) is 108 Å². The quantitative estimate of drug-likeness (QED) is 0.0732. The highest BCUT2D eigenvalue weighted by Crippen LogP contribution is 2.43. The summed E-state index contributed by atoms with van der Waals surface area (Å²) in [4.78, 5) is 0. The maximum Gasteiger partial charge on any atom is 0.0454 e. The van der Waals surface area contributed by atoms with E-state index in [4.69, 9.17) is 0 Å². The second-order valence-electron chi connectivity index (χ2n) is 11.1. The van der Waals surface area contributed by atoms with Crippen molar-refractivity contribution in [2.45, 2.75) is 109 Å². The van der Waals surface area contributed by atoms with Crippen LogP contribution in [0.15, 0.2) is 91.0 Å². The maximum atomic E-state index is 2.33. The van der Waals surface area contributed by atoms with E-state index in [2.05, 4.69) is 97.9 Å². The van der Waals surface area contributed by atoms with E-state index in [0.29, 0.717) is 0 Å². The van der Waals surface area contributed by atoms with Crippen molar-refractivity contribution in [2.75, 3.05) is 12.3 Å². The number of hydrogen-bond donors (Lipinski definition) is 0. The Morgan fingerprint density at radius 1 is 0.421 bits per heavy atom. The van der Waals surface area contributed by atoms with E-state index >= 15 is 0 Å². The summed E-state index contributed by atoms with van der Waals surface area (Å²) >= 11 is 0. The summed E-state index contributed by atoms with van der Waals surface area (Å²) in [6.07, 6.45) is 24.0. The number of rotatable bonds is 21. The van der Waals surface area contributed by atoms with E-state index < -0.39 is 0 Å². The fraction of sp³-hybridized carbons (Fsp3) is 0.514. The molecule has 0 aliphatic rings. The lowest BCUT2D eigenvalue weighted by Crippen LogP contribution is -2.30. The molecule has 1 atom stereocenters. The van der Waals surface area contributed by atoms with E-state index in [0.717, 1.165) is 8.58 Å². The third kappa shape index (κ3) is 10.3. The minimum absolute atomic E-state index is 0.0771. The molecule has 3 rings (SSSR count). The monoisotopic (exact) mass is 528 g/mol. The Morgan fingerprint density at radius 3 is 1.13 bits per heavy atom. The van der Waals surface area contributed by atoms with Crippen LogP contribution in [0.3, 0.4) is 0 Å². The third-order valence-corrected chi connectivity index (χ3v) is 9.49. The van der Waals surface area contributed by atoms with E-state index in [9.17, 15) is 0 Å². The first-order valence-corrected chi connectivity index (χ1v) is 17.2. The van der Waals surface area contributed by atoms with Crippen LogP contribution in [0.25, 0.3) is 0 Å². The normalized spacial score (nSPS) is 11.9. The van der Waals surface area contributed by atoms with Crippen molar-refractivity contribution in [1.29, 1.82) is 0 Å². The molecule has 0 N–H and O–H groups in total. The Balaban J connectivity index is 1.38. The average molecular weight is 529 g/mol. The van der Waals surface area contributed by atoms with E-state index in [1.807, 2.05) is 0 Å². The Bertz CT molecular complexity index is 838. The molecule has 3 aromatic rings. The fourth-order valence-electron chi connectivity index (χ4n) is 5.95. The van der Waals surface area contributed by atoms with Gasteiger partial charge in [-0.1, -0.05) is 181 Å². The minimum Gasteiger partial charge on any atom is -0.122 e. The number of hydrogen-bond acceptors (Lipinski definition) is 0. The maximum absolute atomic E-state index is 2.33. The lowest BCUT2D eigenvalue weighted by atomic mass is 9.68. The molecule has 0 heterocycles. The zero-order valence-corrected chi connectivity index (χ0v) is 25.2. The standard InChI is InChI=1S/C37H53P/c1-2-3-4-5-6-7-8-9-10-11-12-13-14-24-32-38-33-31-37(34-25-18-15-19-26-34,35-27-20-16-21-28-35)36-29-22-17-23-30-36/h15-23,25-30,38H,2-14,24,31-33H2,1H3. The van der Waals surface area contributed by atoms with Gasteiger partial charge < -0.3 is 0 Å². The van der Waals surface area contributed by atoms with Crippen molar-refractivity contribution in [3.8, 4) is 0 Å². The molecule has 1 unspecified atom stereocenters. The summed E-state index contributed by atoms with van der Waals surface area (Å²) < 4.78 is 0. The molecular formula is C37H53P. The molecule has 0 spiro atoms. The molecule has 1 heteroatoms. The Labute approximate surface area is 236 Å². The summed E-state index contributed by atoms with van der Waals surface area (Å²) in [6.45, 7) is 2.30. The van der Waals surface area contributed by atoms with Gasteiger partial charge >= 0.3 is 0 Å². The van der Waals surface area contributed by atoms with Crippen LogP contribution in [0, 0.1) is 0 Å². The zero-order valence-electron chi connectivity index (χ0n) is 24.2. The van der Waals surface area contributed by atoms with Crippen LogP contribution in [0.4, 0.5) is 0 Å². The highest BCUT2D eigenvalue weighted by atomic mass is 31.1. The van der Waals surface area contributed by atoms with Gasteiger partial charge in [0.15, 0.2) is 0 Å². The predicted molar refractivity (Wildman–Crippen MR) is 172 cm³/mol. The molecular weight excluding hydrogens is 475 g/mol. The highest BCUT2D eigenvalue weighted by molar-refractivity contribution is 7.37. The SMILES string of the molecule is CCCCCCCCCCCCCCCCPCCC(c1ccccc1)(c1ccccc1)c1ccccc1. The lowest BCUT2D eigenvalue weighted by molar-refractivity contribution is 0.538. The van der Waals surface area contributed by atoms with Crippen molar-refractivity contribution in [2.24, 2.45) is 0 Å². The van der Waals surface area contributed by atoms with E-state index in [-0.39, 0.29) is 5.41 Å². The predicted octanol–water partition coefficient (Wildman–Crippen LogP) is 11.6. The van der Waals surface area contributed by atoms with Gasteiger partial charge in [0.1, 0.15) is 0 Å². The van der Waals surface area contributed by atoms with Gasteiger partial charge in [-0.3, -0.25) is 0 Å². The van der Waals surface area contributed by atoms with Crippen molar-refractivity contribution in [3.63, 3.8) is 0 Å². The summed E-state index contributed by atoms with van der Waals surface area (Å²) in [5.41, 5.74) is 4.17. The number of benzene rings is 3. The van der Waals surface area contributed by atoms with E-state index in [1.54, 1.807) is 0 Å². The van der Waals surface area contributed by atoms with Gasteiger partial charge in [-0.2, -0.15) is 0 Å². The first kappa shape index (κ1) is 30.6.